The van der Waals surface area contributed by atoms with Crippen LogP contribution in [0.3, 0.4) is 0 Å². The Labute approximate surface area is 206 Å². The van der Waals surface area contributed by atoms with Crippen molar-refractivity contribution in [1.29, 1.82) is 0 Å². The Morgan fingerprint density at radius 2 is 1.63 bits per heavy atom. The summed E-state index contributed by atoms with van der Waals surface area (Å²) in [6.07, 6.45) is 2.02. The summed E-state index contributed by atoms with van der Waals surface area (Å²) in [5, 5.41) is 14.9. The Morgan fingerprint density at radius 3 is 2.14 bits per heavy atom. The molecule has 1 saturated carbocycles. The molecule has 0 spiro atoms. The van der Waals surface area contributed by atoms with Crippen LogP contribution in [0.25, 0.3) is 11.1 Å². The van der Waals surface area contributed by atoms with Crippen LogP contribution in [0.5, 0.6) is 0 Å². The third kappa shape index (κ3) is 5.50. The Hall–Kier alpha value is -3.35. The zero-order valence-electron chi connectivity index (χ0n) is 20.4. The van der Waals surface area contributed by atoms with Gasteiger partial charge in [-0.1, -0.05) is 62.4 Å². The van der Waals surface area contributed by atoms with Gasteiger partial charge in [0.15, 0.2) is 0 Å². The number of amides is 2. The molecule has 2 aromatic carbocycles. The highest BCUT2D eigenvalue weighted by Gasteiger charge is 2.46. The summed E-state index contributed by atoms with van der Waals surface area (Å²) in [6, 6.07) is 16.3. The van der Waals surface area contributed by atoms with Gasteiger partial charge in [0, 0.05) is 18.9 Å². The topological polar surface area (TPSA) is 105 Å². The molecule has 7 heteroatoms. The molecule has 0 aromatic heterocycles. The summed E-state index contributed by atoms with van der Waals surface area (Å²) in [4.78, 5) is 37.0. The van der Waals surface area contributed by atoms with Crippen molar-refractivity contribution in [3.63, 3.8) is 0 Å². The number of carbonyl (C=O) groups is 3. The summed E-state index contributed by atoms with van der Waals surface area (Å²) in [6.45, 7) is 4.52. The fourth-order valence-electron chi connectivity index (χ4n) is 5.33. The smallest absolute Gasteiger partial charge is 0.408 e. The predicted molar refractivity (Wildman–Crippen MR) is 133 cm³/mol. The van der Waals surface area contributed by atoms with Crippen LogP contribution in [-0.2, 0) is 14.3 Å². The van der Waals surface area contributed by atoms with Crippen LogP contribution in [0, 0.1) is 11.8 Å². The van der Waals surface area contributed by atoms with Gasteiger partial charge in [-0.05, 0) is 59.8 Å². The fourth-order valence-corrected chi connectivity index (χ4v) is 5.33. The summed E-state index contributed by atoms with van der Waals surface area (Å²) in [7, 11) is 0. The van der Waals surface area contributed by atoms with E-state index in [-0.39, 0.29) is 37.3 Å². The first kappa shape index (κ1) is 24.8. The van der Waals surface area contributed by atoms with E-state index in [9.17, 15) is 19.5 Å². The minimum atomic E-state index is -0.992. The maximum atomic E-state index is 13.0. The number of carboxylic acids is 1. The molecule has 0 aliphatic heterocycles. The van der Waals surface area contributed by atoms with Gasteiger partial charge in [0.25, 0.3) is 0 Å². The van der Waals surface area contributed by atoms with Crippen molar-refractivity contribution in [3.8, 4) is 11.1 Å². The van der Waals surface area contributed by atoms with Gasteiger partial charge in [-0.25, -0.2) is 4.79 Å². The second-order valence-corrected chi connectivity index (χ2v) is 10.2. The third-order valence-electron chi connectivity index (χ3n) is 7.15. The molecule has 2 aliphatic carbocycles. The van der Waals surface area contributed by atoms with E-state index in [0.29, 0.717) is 25.2 Å². The third-order valence-corrected chi connectivity index (χ3v) is 7.15. The Morgan fingerprint density at radius 1 is 1.03 bits per heavy atom. The van der Waals surface area contributed by atoms with E-state index in [0.717, 1.165) is 28.7 Å². The molecule has 0 unspecified atom stereocenters. The Balaban J connectivity index is 1.36. The highest BCUT2D eigenvalue weighted by Crippen LogP contribution is 2.44. The van der Waals surface area contributed by atoms with E-state index in [2.05, 4.69) is 34.9 Å². The molecule has 2 aliphatic rings. The van der Waals surface area contributed by atoms with Crippen LogP contribution in [-0.4, -0.2) is 41.8 Å². The van der Waals surface area contributed by atoms with Crippen molar-refractivity contribution in [2.45, 2.75) is 57.4 Å². The SMILES string of the molecule is CC(C)C[C@H](CNC(=O)C1(NC(=O)OCC2c3ccccc3-c3ccccc32)CCC1)CC(=O)O. The van der Waals surface area contributed by atoms with Crippen LogP contribution in [0.4, 0.5) is 4.79 Å². The molecule has 3 N–H and O–H groups in total. The number of benzene rings is 2. The lowest BCUT2D eigenvalue weighted by atomic mass is 9.76. The van der Waals surface area contributed by atoms with Crippen LogP contribution in [0.1, 0.15) is 63.0 Å². The quantitative estimate of drug-likeness (QED) is 0.459. The monoisotopic (exact) mass is 478 g/mol. The number of hydrogen-bond donors (Lipinski definition) is 3. The van der Waals surface area contributed by atoms with Crippen LogP contribution >= 0.6 is 0 Å². The number of ether oxygens (including phenoxy) is 1. The number of alkyl carbamates (subject to hydrolysis) is 1. The number of fused-ring (bicyclic) bond motifs is 3. The zero-order valence-corrected chi connectivity index (χ0v) is 20.4. The van der Waals surface area contributed by atoms with Gasteiger partial charge in [-0.3, -0.25) is 9.59 Å². The highest BCUT2D eigenvalue weighted by atomic mass is 16.5. The summed E-state index contributed by atoms with van der Waals surface area (Å²) >= 11 is 0. The number of rotatable bonds is 10. The van der Waals surface area contributed by atoms with E-state index < -0.39 is 17.6 Å². The molecule has 2 amide bonds. The normalized spacial score (nSPS) is 16.5. The zero-order chi connectivity index (χ0) is 25.0. The lowest BCUT2D eigenvalue weighted by Crippen LogP contribution is -2.63. The minimum absolute atomic E-state index is 0.00523. The molecule has 35 heavy (non-hydrogen) atoms. The molecule has 1 atom stereocenters. The van der Waals surface area contributed by atoms with E-state index in [1.54, 1.807) is 0 Å². The van der Waals surface area contributed by atoms with Crippen molar-refractivity contribution in [2.24, 2.45) is 11.8 Å². The van der Waals surface area contributed by atoms with Gasteiger partial charge in [0.2, 0.25) is 5.91 Å². The molecule has 4 rings (SSSR count). The molecule has 2 aromatic rings. The number of carbonyl (C=O) groups excluding carboxylic acids is 2. The summed E-state index contributed by atoms with van der Waals surface area (Å²) in [5.41, 5.74) is 3.58. The molecule has 0 bridgehead atoms. The molecular weight excluding hydrogens is 444 g/mol. The minimum Gasteiger partial charge on any atom is -0.481 e. The second kappa shape index (κ2) is 10.5. The second-order valence-electron chi connectivity index (χ2n) is 10.2. The predicted octanol–water partition coefficient (Wildman–Crippen LogP) is 4.70. The van der Waals surface area contributed by atoms with Crippen LogP contribution in [0.15, 0.2) is 48.5 Å². The van der Waals surface area contributed by atoms with Gasteiger partial charge in [0.05, 0.1) is 0 Å². The van der Waals surface area contributed by atoms with Gasteiger partial charge < -0.3 is 20.5 Å². The van der Waals surface area contributed by atoms with Crippen molar-refractivity contribution < 1.29 is 24.2 Å². The Bertz CT molecular complexity index is 1050. The molecule has 186 valence electrons. The van der Waals surface area contributed by atoms with Crippen molar-refractivity contribution in [2.75, 3.05) is 13.2 Å². The van der Waals surface area contributed by atoms with E-state index in [4.69, 9.17) is 4.74 Å². The highest BCUT2D eigenvalue weighted by molar-refractivity contribution is 5.91. The molecule has 7 nitrogen and oxygen atoms in total. The van der Waals surface area contributed by atoms with E-state index >= 15 is 0 Å². The Kier molecular flexibility index (Phi) is 7.43. The van der Waals surface area contributed by atoms with Crippen molar-refractivity contribution in [3.05, 3.63) is 59.7 Å². The molecule has 0 radical (unpaired) electrons. The first-order valence-electron chi connectivity index (χ1n) is 12.4. The standard InChI is InChI=1S/C28H34N2O5/c1-18(2)14-19(15-25(31)32)16-29-26(33)28(12-7-13-28)30-27(34)35-17-24-22-10-5-3-8-20(22)21-9-4-6-11-23(21)24/h3-6,8-11,18-19,24H,7,12-17H2,1-2H3,(H,29,33)(H,30,34)(H,31,32)/t19-/m0/s1. The van der Waals surface area contributed by atoms with Gasteiger partial charge >= 0.3 is 12.1 Å². The van der Waals surface area contributed by atoms with Crippen LogP contribution in [0.2, 0.25) is 0 Å². The van der Waals surface area contributed by atoms with Gasteiger partial charge in [-0.2, -0.15) is 0 Å². The maximum absolute atomic E-state index is 13.0. The van der Waals surface area contributed by atoms with Crippen molar-refractivity contribution >= 4 is 18.0 Å². The molecule has 0 saturated heterocycles. The number of carboxylic acid groups (broad SMARTS) is 1. The molecule has 1 fully saturated rings. The fraction of sp³-hybridized carbons (Fsp3) is 0.464. The molecule has 0 heterocycles. The first-order chi connectivity index (χ1) is 16.8. The largest absolute Gasteiger partial charge is 0.481 e. The van der Waals surface area contributed by atoms with Crippen molar-refractivity contribution in [1.82, 2.24) is 10.6 Å². The maximum Gasteiger partial charge on any atom is 0.408 e. The van der Waals surface area contributed by atoms with E-state index in [1.807, 2.05) is 38.1 Å². The van der Waals surface area contributed by atoms with Gasteiger partial charge in [-0.15, -0.1) is 0 Å². The summed E-state index contributed by atoms with van der Waals surface area (Å²) < 4.78 is 5.64. The first-order valence-corrected chi connectivity index (χ1v) is 12.4. The number of hydrogen-bond acceptors (Lipinski definition) is 4. The van der Waals surface area contributed by atoms with Crippen LogP contribution < -0.4 is 10.6 Å². The average molecular weight is 479 g/mol. The average Bonchev–Trinajstić information content (AvgIpc) is 3.11. The number of nitrogens with one attached hydrogen (secondary N) is 2. The number of aliphatic carboxylic acids is 1. The lowest BCUT2D eigenvalue weighted by molar-refractivity contribution is -0.138. The lowest BCUT2D eigenvalue weighted by Gasteiger charge is -2.40. The van der Waals surface area contributed by atoms with Gasteiger partial charge in [0.1, 0.15) is 12.1 Å². The summed E-state index contributed by atoms with van der Waals surface area (Å²) in [5.74, 6) is -1.01. The molecular formula is C28H34N2O5. The van der Waals surface area contributed by atoms with E-state index in [1.165, 1.54) is 0 Å².